The fourth-order valence-corrected chi connectivity index (χ4v) is 3.29. The van der Waals surface area contributed by atoms with Crippen molar-refractivity contribution in [3.63, 3.8) is 0 Å². The Bertz CT molecular complexity index is 933. The summed E-state index contributed by atoms with van der Waals surface area (Å²) in [5.74, 6) is 0.749. The first-order chi connectivity index (χ1) is 12.5. The molecule has 0 spiro atoms. The highest BCUT2D eigenvalue weighted by atomic mass is 32.2. The van der Waals surface area contributed by atoms with E-state index in [2.05, 4.69) is 39.4 Å². The van der Waals surface area contributed by atoms with Gasteiger partial charge in [0.15, 0.2) is 0 Å². The third-order valence-electron chi connectivity index (χ3n) is 4.35. The molecule has 1 aromatic carbocycles. The number of fused-ring (bicyclic) bond motifs is 1. The third kappa shape index (κ3) is 4.04. The number of anilines is 1. The highest BCUT2D eigenvalue weighted by molar-refractivity contribution is 7.99. The Morgan fingerprint density at radius 3 is 2.58 bits per heavy atom. The summed E-state index contributed by atoms with van der Waals surface area (Å²) in [7, 11) is 0. The van der Waals surface area contributed by atoms with E-state index in [9.17, 15) is 4.79 Å². The third-order valence-corrected chi connectivity index (χ3v) is 5.19. The lowest BCUT2D eigenvalue weighted by atomic mass is 10.1. The number of rotatable bonds is 6. The summed E-state index contributed by atoms with van der Waals surface area (Å²) < 4.78 is 1.73. The number of aromatic nitrogens is 4. The Kier molecular flexibility index (Phi) is 5.56. The van der Waals surface area contributed by atoms with Gasteiger partial charge in [-0.05, 0) is 50.5 Å². The van der Waals surface area contributed by atoms with Crippen molar-refractivity contribution in [1.29, 1.82) is 0 Å². The Hall–Kier alpha value is -2.41. The number of carbonyl (C=O) groups is 1. The second kappa shape index (κ2) is 7.86. The van der Waals surface area contributed by atoms with Crippen LogP contribution in [0.3, 0.4) is 0 Å². The molecule has 7 heteroatoms. The van der Waals surface area contributed by atoms with Gasteiger partial charge in [-0.15, -0.1) is 5.10 Å². The van der Waals surface area contributed by atoms with E-state index < -0.39 is 0 Å². The lowest BCUT2D eigenvalue weighted by Crippen LogP contribution is -2.14. The van der Waals surface area contributed by atoms with Crippen molar-refractivity contribution in [1.82, 2.24) is 19.6 Å². The van der Waals surface area contributed by atoms with Crippen molar-refractivity contribution in [3.8, 4) is 0 Å². The normalized spacial score (nSPS) is 11.1. The summed E-state index contributed by atoms with van der Waals surface area (Å²) in [4.78, 5) is 21.0. The van der Waals surface area contributed by atoms with Gasteiger partial charge >= 0.3 is 0 Å². The van der Waals surface area contributed by atoms with Gasteiger partial charge < -0.3 is 5.32 Å². The molecule has 0 unspecified atom stereocenters. The van der Waals surface area contributed by atoms with E-state index in [1.165, 1.54) is 17.3 Å². The van der Waals surface area contributed by atoms with Gasteiger partial charge in [-0.3, -0.25) is 4.79 Å². The first-order valence-electron chi connectivity index (χ1n) is 8.70. The molecule has 2 aromatic heterocycles. The predicted octanol–water partition coefficient (Wildman–Crippen LogP) is 3.73. The van der Waals surface area contributed by atoms with Crippen LogP contribution >= 0.6 is 11.8 Å². The molecule has 1 amide bonds. The molecule has 0 saturated heterocycles. The van der Waals surface area contributed by atoms with Crippen LogP contribution in [0.4, 0.5) is 5.69 Å². The molecule has 136 valence electrons. The Morgan fingerprint density at radius 2 is 1.88 bits per heavy atom. The standard InChI is InChI=1S/C19H23N5OS/c1-5-6-15-7-9-16(10-8-15)21-17(25)11-26-19-22-18-20-13(3)12(2)14(4)24(18)23-19/h7-10H,5-6,11H2,1-4H3,(H,21,25). The second-order valence-corrected chi connectivity index (χ2v) is 7.24. The zero-order valence-corrected chi connectivity index (χ0v) is 16.4. The van der Waals surface area contributed by atoms with Crippen LogP contribution in [0.5, 0.6) is 0 Å². The van der Waals surface area contributed by atoms with Crippen LogP contribution in [-0.2, 0) is 11.2 Å². The first-order valence-corrected chi connectivity index (χ1v) is 9.68. The van der Waals surface area contributed by atoms with E-state index in [0.29, 0.717) is 10.9 Å². The quantitative estimate of drug-likeness (QED) is 0.670. The number of amides is 1. The van der Waals surface area contributed by atoms with Gasteiger partial charge in [0.05, 0.1) is 5.75 Å². The van der Waals surface area contributed by atoms with Gasteiger partial charge in [0, 0.05) is 17.1 Å². The maximum Gasteiger partial charge on any atom is 0.253 e. The molecular formula is C19H23N5OS. The van der Waals surface area contributed by atoms with E-state index in [1.807, 2.05) is 32.9 Å². The predicted molar refractivity (Wildman–Crippen MR) is 105 cm³/mol. The van der Waals surface area contributed by atoms with Crippen LogP contribution in [-0.4, -0.2) is 31.2 Å². The van der Waals surface area contributed by atoms with Crippen molar-refractivity contribution in [2.45, 2.75) is 45.7 Å². The van der Waals surface area contributed by atoms with Gasteiger partial charge in [-0.2, -0.15) is 4.98 Å². The fraction of sp³-hybridized carbons (Fsp3) is 0.368. The molecular weight excluding hydrogens is 346 g/mol. The molecule has 0 aliphatic rings. The molecule has 0 radical (unpaired) electrons. The van der Waals surface area contributed by atoms with Gasteiger partial charge in [0.25, 0.3) is 5.78 Å². The number of nitrogens with one attached hydrogen (secondary N) is 1. The highest BCUT2D eigenvalue weighted by Crippen LogP contribution is 2.18. The maximum atomic E-state index is 12.2. The molecule has 3 rings (SSSR count). The number of aryl methyl sites for hydroxylation is 3. The highest BCUT2D eigenvalue weighted by Gasteiger charge is 2.12. The van der Waals surface area contributed by atoms with Gasteiger partial charge in [-0.1, -0.05) is 37.2 Å². The number of hydrogen-bond acceptors (Lipinski definition) is 5. The number of hydrogen-bond donors (Lipinski definition) is 1. The van der Waals surface area contributed by atoms with Crippen LogP contribution in [0, 0.1) is 20.8 Å². The first kappa shape index (κ1) is 18.4. The minimum absolute atomic E-state index is 0.0749. The summed E-state index contributed by atoms with van der Waals surface area (Å²) in [6, 6.07) is 7.98. The van der Waals surface area contributed by atoms with Crippen molar-refractivity contribution < 1.29 is 4.79 Å². The average molecular weight is 369 g/mol. The molecule has 0 saturated carbocycles. The van der Waals surface area contributed by atoms with Crippen molar-refractivity contribution in [2.24, 2.45) is 0 Å². The summed E-state index contributed by atoms with van der Waals surface area (Å²) >= 11 is 1.31. The molecule has 0 aliphatic heterocycles. The molecule has 1 N–H and O–H groups in total. The largest absolute Gasteiger partial charge is 0.325 e. The zero-order chi connectivity index (χ0) is 18.7. The average Bonchev–Trinajstić information content (AvgIpc) is 3.03. The van der Waals surface area contributed by atoms with Gasteiger partial charge in [0.1, 0.15) is 0 Å². The Labute approximate surface area is 157 Å². The molecule has 26 heavy (non-hydrogen) atoms. The van der Waals surface area contributed by atoms with E-state index in [-0.39, 0.29) is 11.7 Å². The van der Waals surface area contributed by atoms with Gasteiger partial charge in [-0.25, -0.2) is 9.50 Å². The SMILES string of the molecule is CCCc1ccc(NC(=O)CSc2nc3nc(C)c(C)c(C)n3n2)cc1. The summed E-state index contributed by atoms with van der Waals surface area (Å²) in [5.41, 5.74) is 5.15. The monoisotopic (exact) mass is 369 g/mol. The minimum atomic E-state index is -0.0749. The van der Waals surface area contributed by atoms with E-state index in [1.54, 1.807) is 4.52 Å². The van der Waals surface area contributed by atoms with Crippen LogP contribution < -0.4 is 5.32 Å². The zero-order valence-electron chi connectivity index (χ0n) is 15.5. The number of nitrogens with zero attached hydrogens (tertiary/aromatic N) is 4. The van der Waals surface area contributed by atoms with Crippen LogP contribution in [0.1, 0.15) is 35.9 Å². The Balaban J connectivity index is 1.62. The number of thioether (sulfide) groups is 1. The second-order valence-electron chi connectivity index (χ2n) is 6.30. The van der Waals surface area contributed by atoms with Crippen molar-refractivity contribution in [3.05, 3.63) is 46.8 Å². The maximum absolute atomic E-state index is 12.2. The summed E-state index contributed by atoms with van der Waals surface area (Å²) in [6.45, 7) is 8.13. The molecule has 3 aromatic rings. The molecule has 0 fully saturated rings. The van der Waals surface area contributed by atoms with Crippen LogP contribution in [0.2, 0.25) is 0 Å². The summed E-state index contributed by atoms with van der Waals surface area (Å²) in [6.07, 6.45) is 2.16. The van der Waals surface area contributed by atoms with E-state index in [4.69, 9.17) is 0 Å². The topological polar surface area (TPSA) is 72.2 Å². The fourth-order valence-electron chi connectivity index (χ4n) is 2.67. The number of benzene rings is 1. The van der Waals surface area contributed by atoms with Crippen molar-refractivity contribution in [2.75, 3.05) is 11.1 Å². The van der Waals surface area contributed by atoms with Gasteiger partial charge in [0.2, 0.25) is 11.1 Å². The Morgan fingerprint density at radius 1 is 1.15 bits per heavy atom. The molecule has 0 bridgehead atoms. The number of carbonyl (C=O) groups excluding carboxylic acids is 1. The molecule has 0 aliphatic carbocycles. The molecule has 0 atom stereocenters. The molecule has 6 nitrogen and oxygen atoms in total. The summed E-state index contributed by atoms with van der Waals surface area (Å²) in [5, 5.41) is 7.91. The van der Waals surface area contributed by atoms with Crippen LogP contribution in [0.25, 0.3) is 5.78 Å². The minimum Gasteiger partial charge on any atom is -0.325 e. The lowest BCUT2D eigenvalue weighted by Gasteiger charge is -2.05. The smallest absolute Gasteiger partial charge is 0.253 e. The van der Waals surface area contributed by atoms with E-state index in [0.717, 1.165) is 35.5 Å². The van der Waals surface area contributed by atoms with Crippen LogP contribution in [0.15, 0.2) is 29.4 Å². The molecule has 2 heterocycles. The van der Waals surface area contributed by atoms with E-state index >= 15 is 0 Å². The van der Waals surface area contributed by atoms with Crippen molar-refractivity contribution >= 4 is 29.1 Å². The lowest BCUT2D eigenvalue weighted by molar-refractivity contribution is -0.113.